The highest BCUT2D eigenvalue weighted by molar-refractivity contribution is 5.81. The maximum atomic E-state index is 13.2. The van der Waals surface area contributed by atoms with Crippen molar-refractivity contribution in [2.45, 2.75) is 77.0 Å². The first kappa shape index (κ1) is 21.5. The molecule has 4 rings (SSSR count). The average molecular weight is 424 g/mol. The Morgan fingerprint density at radius 1 is 1.13 bits per heavy atom. The Morgan fingerprint density at radius 3 is 2.61 bits per heavy atom. The van der Waals surface area contributed by atoms with Gasteiger partial charge in [0.15, 0.2) is 6.10 Å². The zero-order valence-corrected chi connectivity index (χ0v) is 19.0. The van der Waals surface area contributed by atoms with E-state index in [9.17, 15) is 4.79 Å². The second-order valence-corrected chi connectivity index (χ2v) is 9.18. The third-order valence-electron chi connectivity index (χ3n) is 6.26. The Morgan fingerprint density at radius 2 is 1.87 bits per heavy atom. The van der Waals surface area contributed by atoms with Gasteiger partial charge in [0.1, 0.15) is 22.8 Å². The summed E-state index contributed by atoms with van der Waals surface area (Å²) in [5, 5.41) is 3.22. The molecular weight excluding hydrogens is 390 g/mol. The first-order chi connectivity index (χ1) is 14.9. The minimum atomic E-state index is -0.533. The van der Waals surface area contributed by atoms with E-state index in [4.69, 9.17) is 14.2 Å². The topological polar surface area (TPSA) is 56.8 Å². The summed E-state index contributed by atoms with van der Waals surface area (Å²) in [6, 6.07) is 11.9. The zero-order chi connectivity index (χ0) is 22.0. The van der Waals surface area contributed by atoms with Crippen molar-refractivity contribution >= 4 is 5.91 Å². The Bertz CT molecular complexity index is 952. The van der Waals surface area contributed by atoms with Crippen molar-refractivity contribution in [1.82, 2.24) is 5.32 Å². The van der Waals surface area contributed by atoms with E-state index in [0.717, 1.165) is 35.7 Å². The molecule has 0 saturated heterocycles. The molecule has 2 unspecified atom stereocenters. The van der Waals surface area contributed by atoms with Crippen molar-refractivity contribution in [3.8, 4) is 17.2 Å². The van der Waals surface area contributed by atoms with Crippen molar-refractivity contribution < 1.29 is 19.0 Å². The molecule has 0 radical (unpaired) electrons. The molecule has 5 heteroatoms. The summed E-state index contributed by atoms with van der Waals surface area (Å²) in [5.41, 5.74) is 3.34. The van der Waals surface area contributed by atoms with Crippen LogP contribution >= 0.6 is 0 Å². The highest BCUT2D eigenvalue weighted by Crippen LogP contribution is 2.41. The van der Waals surface area contributed by atoms with Crippen LogP contribution in [0.5, 0.6) is 17.2 Å². The Kier molecular flexibility index (Phi) is 6.12. The van der Waals surface area contributed by atoms with Crippen LogP contribution in [0.2, 0.25) is 0 Å². The third-order valence-corrected chi connectivity index (χ3v) is 6.26. The van der Waals surface area contributed by atoms with E-state index in [2.05, 4.69) is 17.4 Å². The molecule has 1 heterocycles. The number of aryl methyl sites for hydroxylation is 2. The van der Waals surface area contributed by atoms with Crippen LogP contribution in [0.1, 0.15) is 69.2 Å². The molecular formula is C26H33NO4. The summed E-state index contributed by atoms with van der Waals surface area (Å²) >= 11 is 0. The molecule has 2 atom stereocenters. The van der Waals surface area contributed by atoms with Gasteiger partial charge in [0, 0.05) is 18.1 Å². The Labute approximate surface area is 185 Å². The van der Waals surface area contributed by atoms with Gasteiger partial charge in [-0.05, 0) is 81.3 Å². The van der Waals surface area contributed by atoms with E-state index in [0.29, 0.717) is 12.8 Å². The molecule has 2 aliphatic rings. The second-order valence-electron chi connectivity index (χ2n) is 9.18. The number of methoxy groups -OCH3 is 1. The summed E-state index contributed by atoms with van der Waals surface area (Å²) in [5.74, 6) is 2.18. The minimum absolute atomic E-state index is 0.0929. The van der Waals surface area contributed by atoms with Crippen LogP contribution in [-0.4, -0.2) is 24.7 Å². The number of carbonyl (C=O) groups is 1. The standard InChI is InChI=1S/C26H33NO4/c1-5-23(30-20-11-10-17-8-6-7-9-18(17)14-20)25(28)27-22-16-26(2,3)31-24-15-19(29-4)12-13-21(22)24/h10-15,22-23H,5-9,16H2,1-4H3,(H,27,28). The smallest absolute Gasteiger partial charge is 0.261 e. The highest BCUT2D eigenvalue weighted by Gasteiger charge is 2.36. The van der Waals surface area contributed by atoms with Gasteiger partial charge in [-0.25, -0.2) is 0 Å². The molecule has 5 nitrogen and oxygen atoms in total. The van der Waals surface area contributed by atoms with Crippen LogP contribution in [0.15, 0.2) is 36.4 Å². The van der Waals surface area contributed by atoms with E-state index >= 15 is 0 Å². The lowest BCUT2D eigenvalue weighted by atomic mass is 9.89. The van der Waals surface area contributed by atoms with Gasteiger partial charge in [0.05, 0.1) is 13.2 Å². The number of hydrogen-bond acceptors (Lipinski definition) is 4. The van der Waals surface area contributed by atoms with Gasteiger partial charge in [-0.15, -0.1) is 0 Å². The predicted molar refractivity (Wildman–Crippen MR) is 121 cm³/mol. The summed E-state index contributed by atoms with van der Waals surface area (Å²) in [7, 11) is 1.64. The quantitative estimate of drug-likeness (QED) is 0.698. The van der Waals surface area contributed by atoms with Gasteiger partial charge in [0.2, 0.25) is 0 Å². The Hall–Kier alpha value is -2.69. The maximum absolute atomic E-state index is 13.2. The number of fused-ring (bicyclic) bond motifs is 2. The molecule has 0 bridgehead atoms. The van der Waals surface area contributed by atoms with Gasteiger partial charge in [0.25, 0.3) is 5.91 Å². The molecule has 0 saturated carbocycles. The summed E-state index contributed by atoms with van der Waals surface area (Å²) in [6.07, 6.45) is 5.46. The molecule has 0 fully saturated rings. The fourth-order valence-corrected chi connectivity index (χ4v) is 4.62. The highest BCUT2D eigenvalue weighted by atomic mass is 16.5. The summed E-state index contributed by atoms with van der Waals surface area (Å²) < 4.78 is 17.6. The zero-order valence-electron chi connectivity index (χ0n) is 19.0. The van der Waals surface area contributed by atoms with Crippen molar-refractivity contribution in [3.63, 3.8) is 0 Å². The molecule has 1 aliphatic heterocycles. The van der Waals surface area contributed by atoms with Gasteiger partial charge < -0.3 is 19.5 Å². The van der Waals surface area contributed by atoms with Gasteiger partial charge in [-0.2, -0.15) is 0 Å². The van der Waals surface area contributed by atoms with Crippen LogP contribution in [0.25, 0.3) is 0 Å². The first-order valence-corrected chi connectivity index (χ1v) is 11.3. The lowest BCUT2D eigenvalue weighted by molar-refractivity contribution is -0.129. The molecule has 2 aromatic rings. The fourth-order valence-electron chi connectivity index (χ4n) is 4.62. The monoisotopic (exact) mass is 423 g/mol. The summed E-state index contributed by atoms with van der Waals surface area (Å²) in [6.45, 7) is 6.06. The number of hydrogen-bond donors (Lipinski definition) is 1. The van der Waals surface area contributed by atoms with Gasteiger partial charge in [-0.3, -0.25) is 4.79 Å². The largest absolute Gasteiger partial charge is 0.497 e. The average Bonchev–Trinajstić information content (AvgIpc) is 2.76. The van der Waals surface area contributed by atoms with E-state index < -0.39 is 11.7 Å². The molecule has 1 N–H and O–H groups in total. The summed E-state index contributed by atoms with van der Waals surface area (Å²) in [4.78, 5) is 13.2. The number of carbonyl (C=O) groups excluding carboxylic acids is 1. The number of rotatable bonds is 6. The SMILES string of the molecule is CCC(Oc1ccc2c(c1)CCCC2)C(=O)NC1CC(C)(C)Oc2cc(OC)ccc21. The molecule has 31 heavy (non-hydrogen) atoms. The van der Waals surface area contributed by atoms with Crippen molar-refractivity contribution in [2.24, 2.45) is 0 Å². The predicted octanol–water partition coefficient (Wildman–Crippen LogP) is 5.15. The number of ether oxygens (including phenoxy) is 3. The lowest BCUT2D eigenvalue weighted by Gasteiger charge is -2.38. The Balaban J connectivity index is 1.50. The molecule has 2 aromatic carbocycles. The molecule has 0 aromatic heterocycles. The third kappa shape index (κ3) is 4.81. The van der Waals surface area contributed by atoms with Gasteiger partial charge in [-0.1, -0.05) is 13.0 Å². The van der Waals surface area contributed by atoms with E-state index in [1.54, 1.807) is 7.11 Å². The normalized spacial score (nSPS) is 19.9. The molecule has 1 amide bonds. The van der Waals surface area contributed by atoms with E-state index in [-0.39, 0.29) is 11.9 Å². The fraction of sp³-hybridized carbons (Fsp3) is 0.500. The number of amides is 1. The van der Waals surface area contributed by atoms with E-state index in [1.807, 2.05) is 45.0 Å². The van der Waals surface area contributed by atoms with Crippen molar-refractivity contribution in [3.05, 3.63) is 53.1 Å². The van der Waals surface area contributed by atoms with E-state index in [1.165, 1.54) is 24.0 Å². The lowest BCUT2D eigenvalue weighted by Crippen LogP contribution is -2.45. The van der Waals surface area contributed by atoms with Crippen molar-refractivity contribution in [1.29, 1.82) is 0 Å². The van der Waals surface area contributed by atoms with Crippen LogP contribution < -0.4 is 19.5 Å². The maximum Gasteiger partial charge on any atom is 0.261 e. The van der Waals surface area contributed by atoms with Crippen LogP contribution in [0.4, 0.5) is 0 Å². The number of benzene rings is 2. The molecule has 0 spiro atoms. The van der Waals surface area contributed by atoms with Crippen LogP contribution in [0, 0.1) is 0 Å². The van der Waals surface area contributed by atoms with Crippen molar-refractivity contribution in [2.75, 3.05) is 7.11 Å². The molecule has 1 aliphatic carbocycles. The van der Waals surface area contributed by atoms with Crippen LogP contribution in [-0.2, 0) is 17.6 Å². The van der Waals surface area contributed by atoms with Crippen LogP contribution in [0.3, 0.4) is 0 Å². The first-order valence-electron chi connectivity index (χ1n) is 11.3. The minimum Gasteiger partial charge on any atom is -0.497 e. The molecule has 166 valence electrons. The van der Waals surface area contributed by atoms with Gasteiger partial charge >= 0.3 is 0 Å². The number of nitrogens with one attached hydrogen (secondary N) is 1. The second kappa shape index (κ2) is 8.81.